The highest BCUT2D eigenvalue weighted by atomic mass is 79.9. The van der Waals surface area contributed by atoms with E-state index in [1.54, 1.807) is 7.11 Å². The van der Waals surface area contributed by atoms with Crippen LogP contribution in [0.3, 0.4) is 0 Å². The highest BCUT2D eigenvalue weighted by Gasteiger charge is 2.32. The zero-order valence-corrected chi connectivity index (χ0v) is 13.5. The highest BCUT2D eigenvalue weighted by molar-refractivity contribution is 9.10. The third kappa shape index (κ3) is 2.82. The molecule has 0 spiro atoms. The summed E-state index contributed by atoms with van der Waals surface area (Å²) < 4.78 is 11.6. The fraction of sp³-hybridized carbons (Fsp3) is 0.467. The number of aromatic nitrogens is 2. The fourth-order valence-electron chi connectivity index (χ4n) is 2.95. The lowest BCUT2D eigenvalue weighted by Crippen LogP contribution is -2.17. The molecule has 2 N–H and O–H groups in total. The number of hydrogen-bond donors (Lipinski definition) is 1. The number of nitrogens with zero attached hydrogens (tertiary/aromatic N) is 2. The Morgan fingerprint density at radius 2 is 2.29 bits per heavy atom. The average molecular weight is 352 g/mol. The van der Waals surface area contributed by atoms with Gasteiger partial charge in [-0.05, 0) is 59.4 Å². The molecule has 1 aliphatic rings. The summed E-state index contributed by atoms with van der Waals surface area (Å²) in [7, 11) is 1.64. The summed E-state index contributed by atoms with van der Waals surface area (Å²) in [4.78, 5) is 4.56. The maximum Gasteiger partial charge on any atom is 0.230 e. The van der Waals surface area contributed by atoms with Crippen LogP contribution < -0.4 is 10.5 Å². The molecule has 0 saturated heterocycles. The van der Waals surface area contributed by atoms with Gasteiger partial charge < -0.3 is 15.0 Å². The van der Waals surface area contributed by atoms with E-state index in [-0.39, 0.29) is 0 Å². The van der Waals surface area contributed by atoms with Crippen LogP contribution in [0.4, 0.5) is 0 Å². The van der Waals surface area contributed by atoms with Crippen molar-refractivity contribution in [1.29, 1.82) is 0 Å². The molecule has 1 saturated carbocycles. The minimum atomic E-state index is 0.304. The first-order chi connectivity index (χ1) is 10.2. The van der Waals surface area contributed by atoms with Gasteiger partial charge in [0, 0.05) is 11.5 Å². The molecule has 0 aliphatic heterocycles. The summed E-state index contributed by atoms with van der Waals surface area (Å²) in [6.45, 7) is 0.677. The summed E-state index contributed by atoms with van der Waals surface area (Å²) in [5.41, 5.74) is 6.72. The van der Waals surface area contributed by atoms with Crippen molar-refractivity contribution < 1.29 is 9.26 Å². The molecule has 1 aromatic carbocycles. The Labute approximate surface area is 132 Å². The van der Waals surface area contributed by atoms with Crippen molar-refractivity contribution in [2.24, 2.45) is 11.7 Å². The van der Waals surface area contributed by atoms with Gasteiger partial charge in [-0.1, -0.05) is 11.6 Å². The highest BCUT2D eigenvalue weighted by Crippen LogP contribution is 2.39. The first-order valence-electron chi connectivity index (χ1n) is 7.10. The van der Waals surface area contributed by atoms with E-state index in [1.807, 2.05) is 18.2 Å². The Balaban J connectivity index is 1.86. The van der Waals surface area contributed by atoms with Crippen LogP contribution in [0.15, 0.2) is 27.2 Å². The van der Waals surface area contributed by atoms with Gasteiger partial charge >= 0.3 is 0 Å². The normalized spacial score (nSPS) is 21.7. The van der Waals surface area contributed by atoms with Crippen molar-refractivity contribution in [1.82, 2.24) is 10.1 Å². The smallest absolute Gasteiger partial charge is 0.230 e. The van der Waals surface area contributed by atoms with Crippen LogP contribution in [0.2, 0.25) is 0 Å². The van der Waals surface area contributed by atoms with Crippen LogP contribution >= 0.6 is 15.9 Å². The zero-order chi connectivity index (χ0) is 14.8. The molecule has 3 rings (SSSR count). The Kier molecular flexibility index (Phi) is 4.26. The van der Waals surface area contributed by atoms with Crippen LogP contribution in [0.1, 0.15) is 31.1 Å². The van der Waals surface area contributed by atoms with E-state index >= 15 is 0 Å². The predicted octanol–water partition coefficient (Wildman–Crippen LogP) is 3.35. The molecule has 0 radical (unpaired) electrons. The van der Waals surface area contributed by atoms with Crippen LogP contribution in [0.25, 0.3) is 11.4 Å². The number of hydrogen-bond acceptors (Lipinski definition) is 5. The van der Waals surface area contributed by atoms with Crippen LogP contribution in [-0.4, -0.2) is 23.8 Å². The molecule has 1 aromatic heterocycles. The minimum Gasteiger partial charge on any atom is -0.496 e. The van der Waals surface area contributed by atoms with Gasteiger partial charge in [0.05, 0.1) is 11.6 Å². The number of rotatable bonds is 4. The van der Waals surface area contributed by atoms with E-state index < -0.39 is 0 Å². The molecule has 1 fully saturated rings. The topological polar surface area (TPSA) is 74.2 Å². The molecular formula is C15H18BrN3O2. The Morgan fingerprint density at radius 1 is 1.43 bits per heavy atom. The summed E-state index contributed by atoms with van der Waals surface area (Å²) >= 11 is 3.47. The Morgan fingerprint density at radius 3 is 3.00 bits per heavy atom. The number of methoxy groups -OCH3 is 1. The summed E-state index contributed by atoms with van der Waals surface area (Å²) in [6.07, 6.45) is 3.40. The molecule has 2 aromatic rings. The lowest BCUT2D eigenvalue weighted by atomic mass is 9.96. The van der Waals surface area contributed by atoms with Crippen molar-refractivity contribution in [2.45, 2.75) is 25.2 Å². The number of nitrogens with two attached hydrogens (primary N) is 1. The summed E-state index contributed by atoms with van der Waals surface area (Å²) in [6, 6.07) is 5.74. The maximum atomic E-state index is 5.82. The molecule has 21 heavy (non-hydrogen) atoms. The standard InChI is InChI=1S/C15H18BrN3O2/c1-20-13-6-5-9(7-12(13)16)14-18-15(21-19-14)11-4-2-3-10(11)8-17/h5-7,10-11H,2-4,8,17H2,1H3. The van der Waals surface area contributed by atoms with Crippen molar-refractivity contribution in [2.75, 3.05) is 13.7 Å². The average Bonchev–Trinajstić information content (AvgIpc) is 3.15. The third-order valence-electron chi connectivity index (χ3n) is 4.13. The van der Waals surface area contributed by atoms with Crippen LogP contribution in [0, 0.1) is 5.92 Å². The predicted molar refractivity (Wildman–Crippen MR) is 83.1 cm³/mol. The lowest BCUT2D eigenvalue weighted by molar-refractivity contribution is 0.326. The molecule has 112 valence electrons. The van der Waals surface area contributed by atoms with E-state index in [4.69, 9.17) is 15.0 Å². The maximum absolute atomic E-state index is 5.82. The second kappa shape index (κ2) is 6.15. The molecular weight excluding hydrogens is 334 g/mol. The second-order valence-corrected chi connectivity index (χ2v) is 6.19. The molecule has 0 amide bonds. The van der Waals surface area contributed by atoms with Crippen molar-refractivity contribution in [3.05, 3.63) is 28.6 Å². The lowest BCUT2D eigenvalue weighted by Gasteiger charge is -2.12. The van der Waals surface area contributed by atoms with Crippen LogP contribution in [-0.2, 0) is 0 Å². The van der Waals surface area contributed by atoms with Crippen LogP contribution in [0.5, 0.6) is 5.75 Å². The number of ether oxygens (including phenoxy) is 1. The molecule has 6 heteroatoms. The fourth-order valence-corrected chi connectivity index (χ4v) is 3.49. The largest absolute Gasteiger partial charge is 0.496 e. The Hall–Kier alpha value is -1.40. The third-order valence-corrected chi connectivity index (χ3v) is 4.75. The number of benzene rings is 1. The van der Waals surface area contributed by atoms with E-state index in [2.05, 4.69) is 26.1 Å². The van der Waals surface area contributed by atoms with E-state index in [0.29, 0.717) is 30.1 Å². The minimum absolute atomic E-state index is 0.304. The molecule has 2 atom stereocenters. The second-order valence-electron chi connectivity index (χ2n) is 5.34. The van der Waals surface area contributed by atoms with Crippen molar-refractivity contribution >= 4 is 15.9 Å². The van der Waals surface area contributed by atoms with Crippen molar-refractivity contribution in [3.63, 3.8) is 0 Å². The molecule has 0 bridgehead atoms. The van der Waals surface area contributed by atoms with Gasteiger partial charge in [0.15, 0.2) is 0 Å². The number of halogens is 1. The first-order valence-corrected chi connectivity index (χ1v) is 7.89. The SMILES string of the molecule is COc1ccc(-c2noc(C3CCCC3CN)n2)cc1Br. The van der Waals surface area contributed by atoms with Gasteiger partial charge in [0.1, 0.15) is 5.75 Å². The van der Waals surface area contributed by atoms with E-state index in [9.17, 15) is 0 Å². The molecule has 1 aliphatic carbocycles. The van der Waals surface area contributed by atoms with Gasteiger partial charge in [-0.3, -0.25) is 0 Å². The summed E-state index contributed by atoms with van der Waals surface area (Å²) in [5.74, 6) is 2.86. The quantitative estimate of drug-likeness (QED) is 0.913. The van der Waals surface area contributed by atoms with Gasteiger partial charge in [-0.15, -0.1) is 0 Å². The molecule has 1 heterocycles. The van der Waals surface area contributed by atoms with Gasteiger partial charge in [0.25, 0.3) is 0 Å². The van der Waals surface area contributed by atoms with Gasteiger partial charge in [0.2, 0.25) is 11.7 Å². The molecule has 5 nitrogen and oxygen atoms in total. The zero-order valence-electron chi connectivity index (χ0n) is 11.9. The van der Waals surface area contributed by atoms with E-state index in [1.165, 1.54) is 6.42 Å². The van der Waals surface area contributed by atoms with E-state index in [0.717, 1.165) is 28.6 Å². The van der Waals surface area contributed by atoms with Gasteiger partial charge in [-0.2, -0.15) is 4.98 Å². The van der Waals surface area contributed by atoms with Crippen molar-refractivity contribution in [3.8, 4) is 17.1 Å². The summed E-state index contributed by atoms with van der Waals surface area (Å²) in [5, 5.41) is 4.11. The monoisotopic (exact) mass is 351 g/mol. The first kappa shape index (κ1) is 14.5. The van der Waals surface area contributed by atoms with Gasteiger partial charge in [-0.25, -0.2) is 0 Å². The Bertz CT molecular complexity index is 629. The molecule has 2 unspecified atom stereocenters.